The maximum absolute atomic E-state index is 13.1. The quantitative estimate of drug-likeness (QED) is 0.0243. The molecule has 9 heteroatoms. The van der Waals surface area contributed by atoms with E-state index in [1.165, 1.54) is 193 Å². The number of nitrogens with one attached hydrogen (secondary N) is 1. The summed E-state index contributed by atoms with van der Waals surface area (Å²) in [7, 11) is 1.62. The standard InChI is InChI=1S/C70H129N2O6P/c1-6-8-10-12-14-16-18-20-22-24-26-28-30-31-32-33-34-35-36-37-38-39-40-41-42-44-46-48-50-52-54-56-58-60-62-64-70(74)71-68(67-78-79(75,76)77-66-65-72(3,4)5)69(73)63-61-59-57-55-53-51-49-47-45-43-29-27-25-23-21-19-17-15-13-11-9-7-2/h8,10,14,16,20,22,26,28,31-32,34-35,37-38,68-69,73H,6-7,9,11-13,15,17-19,21,23-25,27,29-30,33,36,39-67H2,1-5H3,(H-,71,74,75,76)/p+1/b10-8-,16-14-,22-20-,28-26-,32-31-,35-34-,38-37-. The van der Waals surface area contributed by atoms with Gasteiger partial charge in [0.15, 0.2) is 0 Å². The summed E-state index contributed by atoms with van der Waals surface area (Å²) in [6, 6.07) is -0.767. The first-order valence-corrected chi connectivity index (χ1v) is 34.9. The third kappa shape index (κ3) is 63.1. The first-order valence-electron chi connectivity index (χ1n) is 33.5. The largest absolute Gasteiger partial charge is 0.472 e. The maximum atomic E-state index is 13.1. The van der Waals surface area contributed by atoms with Gasteiger partial charge in [0.25, 0.3) is 0 Å². The van der Waals surface area contributed by atoms with Gasteiger partial charge in [0, 0.05) is 6.42 Å². The molecule has 0 saturated carbocycles. The number of phosphoric ester groups is 1. The lowest BCUT2D eigenvalue weighted by atomic mass is 10.0. The number of carbonyl (C=O) groups is 1. The molecule has 3 atom stereocenters. The molecule has 460 valence electrons. The summed E-state index contributed by atoms with van der Waals surface area (Å²) in [5.74, 6) is -0.145. The van der Waals surface area contributed by atoms with Crippen LogP contribution >= 0.6 is 7.82 Å². The number of phosphoric acid groups is 1. The summed E-state index contributed by atoms with van der Waals surface area (Å²) in [4.78, 5) is 23.4. The fraction of sp³-hybridized carbons (Fsp3) is 0.786. The molecule has 3 unspecified atom stereocenters. The molecule has 0 rings (SSSR count). The minimum atomic E-state index is -4.33. The second-order valence-electron chi connectivity index (χ2n) is 23.8. The van der Waals surface area contributed by atoms with E-state index >= 15 is 0 Å². The van der Waals surface area contributed by atoms with Gasteiger partial charge >= 0.3 is 7.82 Å². The van der Waals surface area contributed by atoms with Gasteiger partial charge in [-0.25, -0.2) is 4.57 Å². The Labute approximate surface area is 490 Å². The topological polar surface area (TPSA) is 105 Å². The molecule has 0 fully saturated rings. The summed E-state index contributed by atoms with van der Waals surface area (Å²) in [6.45, 7) is 4.80. The van der Waals surface area contributed by atoms with E-state index in [0.29, 0.717) is 23.9 Å². The second-order valence-corrected chi connectivity index (χ2v) is 25.3. The van der Waals surface area contributed by atoms with E-state index in [2.05, 4.69) is 104 Å². The van der Waals surface area contributed by atoms with Crippen LogP contribution in [-0.4, -0.2) is 73.4 Å². The van der Waals surface area contributed by atoms with Gasteiger partial charge in [0.2, 0.25) is 5.91 Å². The van der Waals surface area contributed by atoms with E-state index in [0.717, 1.165) is 83.5 Å². The van der Waals surface area contributed by atoms with Gasteiger partial charge < -0.3 is 19.8 Å². The molecule has 0 heterocycles. The molecule has 0 bridgehead atoms. The highest BCUT2D eigenvalue weighted by Gasteiger charge is 2.28. The molecule has 8 nitrogen and oxygen atoms in total. The molecule has 0 saturated heterocycles. The number of aliphatic hydroxyl groups excluding tert-OH is 1. The highest BCUT2D eigenvalue weighted by Crippen LogP contribution is 2.43. The smallest absolute Gasteiger partial charge is 0.391 e. The van der Waals surface area contributed by atoms with Crippen LogP contribution < -0.4 is 5.32 Å². The van der Waals surface area contributed by atoms with E-state index < -0.39 is 20.0 Å². The minimum absolute atomic E-state index is 0.0725. The van der Waals surface area contributed by atoms with E-state index in [1.807, 2.05) is 21.1 Å². The Balaban J connectivity index is 4.07. The van der Waals surface area contributed by atoms with Crippen molar-refractivity contribution in [3.63, 3.8) is 0 Å². The van der Waals surface area contributed by atoms with E-state index in [9.17, 15) is 19.4 Å². The van der Waals surface area contributed by atoms with E-state index in [1.54, 1.807) is 0 Å². The van der Waals surface area contributed by atoms with Crippen molar-refractivity contribution in [2.45, 2.75) is 315 Å². The molecule has 3 N–H and O–H groups in total. The van der Waals surface area contributed by atoms with Crippen molar-refractivity contribution in [1.82, 2.24) is 5.32 Å². The number of nitrogens with zero attached hydrogens (tertiary/aromatic N) is 1. The molecule has 79 heavy (non-hydrogen) atoms. The van der Waals surface area contributed by atoms with Crippen LogP contribution in [0.4, 0.5) is 0 Å². The monoisotopic (exact) mass is 1130 g/mol. The van der Waals surface area contributed by atoms with Crippen LogP contribution in [0.5, 0.6) is 0 Å². The van der Waals surface area contributed by atoms with Gasteiger partial charge in [-0.05, 0) is 70.6 Å². The summed E-state index contributed by atoms with van der Waals surface area (Å²) in [5.41, 5.74) is 0. The Morgan fingerprint density at radius 1 is 0.443 bits per heavy atom. The van der Waals surface area contributed by atoms with Gasteiger partial charge in [-0.15, -0.1) is 0 Å². The van der Waals surface area contributed by atoms with Gasteiger partial charge in [-0.1, -0.05) is 311 Å². The van der Waals surface area contributed by atoms with Crippen LogP contribution in [0.1, 0.15) is 303 Å². The van der Waals surface area contributed by atoms with Crippen LogP contribution in [0.15, 0.2) is 85.1 Å². The average molecular weight is 1130 g/mol. The summed E-state index contributed by atoms with van der Waals surface area (Å²) >= 11 is 0. The van der Waals surface area contributed by atoms with Crippen LogP contribution in [0, 0.1) is 0 Å². The van der Waals surface area contributed by atoms with Crippen LogP contribution in [-0.2, 0) is 18.4 Å². The van der Waals surface area contributed by atoms with Crippen molar-refractivity contribution in [2.24, 2.45) is 0 Å². The minimum Gasteiger partial charge on any atom is -0.391 e. The molecule has 0 aliphatic carbocycles. The van der Waals surface area contributed by atoms with Crippen molar-refractivity contribution in [2.75, 3.05) is 40.9 Å². The molecule has 0 aliphatic rings. The molecule has 0 aromatic rings. The van der Waals surface area contributed by atoms with Crippen molar-refractivity contribution in [3.8, 4) is 0 Å². The average Bonchev–Trinajstić information content (AvgIpc) is 3.42. The molecular formula is C70H130N2O6P+. The van der Waals surface area contributed by atoms with Crippen molar-refractivity contribution in [1.29, 1.82) is 0 Å². The summed E-state index contributed by atoms with van der Waals surface area (Å²) in [5, 5.41) is 14.1. The number of aliphatic hydroxyl groups is 1. The molecule has 0 aromatic carbocycles. The lowest BCUT2D eigenvalue weighted by molar-refractivity contribution is -0.870. The van der Waals surface area contributed by atoms with Gasteiger partial charge in [-0.2, -0.15) is 0 Å². The highest BCUT2D eigenvalue weighted by molar-refractivity contribution is 7.47. The van der Waals surface area contributed by atoms with E-state index in [-0.39, 0.29) is 19.1 Å². The third-order valence-electron chi connectivity index (χ3n) is 14.9. The molecule has 0 aliphatic heterocycles. The Morgan fingerprint density at radius 2 is 0.759 bits per heavy atom. The van der Waals surface area contributed by atoms with Gasteiger partial charge in [0.1, 0.15) is 13.2 Å². The van der Waals surface area contributed by atoms with Crippen LogP contribution in [0.25, 0.3) is 0 Å². The number of quaternary nitrogens is 1. The molecule has 0 radical (unpaired) electrons. The highest BCUT2D eigenvalue weighted by atomic mass is 31.2. The fourth-order valence-electron chi connectivity index (χ4n) is 9.74. The van der Waals surface area contributed by atoms with Crippen molar-refractivity contribution < 1.29 is 32.9 Å². The van der Waals surface area contributed by atoms with Gasteiger partial charge in [0.05, 0.1) is 39.9 Å². The second kappa shape index (κ2) is 60.3. The normalized spacial score (nSPS) is 14.3. The predicted molar refractivity (Wildman–Crippen MR) is 346 cm³/mol. The fourth-order valence-corrected chi connectivity index (χ4v) is 10.5. The number of hydrogen-bond acceptors (Lipinski definition) is 5. The number of amides is 1. The predicted octanol–water partition coefficient (Wildman–Crippen LogP) is 21.2. The molecular weight excluding hydrogens is 996 g/mol. The zero-order chi connectivity index (χ0) is 57.7. The zero-order valence-corrected chi connectivity index (χ0v) is 53.5. The first kappa shape index (κ1) is 76.7. The number of allylic oxidation sites excluding steroid dienone is 14. The molecule has 0 aromatic heterocycles. The Hall–Kier alpha value is -2.32. The number of rotatable bonds is 61. The molecule has 0 spiro atoms. The maximum Gasteiger partial charge on any atom is 0.472 e. The lowest BCUT2D eigenvalue weighted by Gasteiger charge is -2.26. The number of carbonyl (C=O) groups excluding carboxylic acids is 1. The Kier molecular flexibility index (Phi) is 58.5. The lowest BCUT2D eigenvalue weighted by Crippen LogP contribution is -2.46. The third-order valence-corrected chi connectivity index (χ3v) is 15.9. The van der Waals surface area contributed by atoms with Crippen molar-refractivity contribution >= 4 is 13.7 Å². The van der Waals surface area contributed by atoms with Crippen LogP contribution in [0.2, 0.25) is 0 Å². The summed E-state index contributed by atoms with van der Waals surface area (Å²) in [6.07, 6.45) is 85.2. The van der Waals surface area contributed by atoms with Crippen LogP contribution in [0.3, 0.4) is 0 Å². The van der Waals surface area contributed by atoms with Crippen molar-refractivity contribution in [3.05, 3.63) is 85.1 Å². The first-order chi connectivity index (χ1) is 38.5. The summed E-state index contributed by atoms with van der Waals surface area (Å²) < 4.78 is 23.9. The zero-order valence-electron chi connectivity index (χ0n) is 52.6. The Morgan fingerprint density at radius 3 is 1.11 bits per heavy atom. The van der Waals surface area contributed by atoms with Gasteiger partial charge in [-0.3, -0.25) is 13.8 Å². The molecule has 1 amide bonds. The number of likely N-dealkylation sites (N-methyl/N-ethyl adjacent to an activating group) is 1. The number of unbranched alkanes of at least 4 members (excludes halogenated alkanes) is 34. The van der Waals surface area contributed by atoms with E-state index in [4.69, 9.17) is 9.05 Å². The Bertz CT molecular complexity index is 1560. The number of hydrogen-bond donors (Lipinski definition) is 3. The SMILES string of the molecule is CC/C=C\C/C=C\C/C=C\C/C=C\C/C=C\C/C=C\C/C=C\CCCCCCCCCCCCCCCC(=O)NC(COP(=O)(O)OCC[N+](C)(C)C)C(O)CCCCCCCCCCCCCCCCCCCCCCCC.